The fraction of sp³-hybridized carbons (Fsp3) is 0.948. The number of nitrogens with zero attached hydrogens (tertiary/aromatic N) is 8. The third-order valence-electron chi connectivity index (χ3n) is 18.2. The van der Waals surface area contributed by atoms with Crippen molar-refractivity contribution in [2.75, 3.05) is 44.0 Å². The zero-order chi connectivity index (χ0) is 49.1. The van der Waals surface area contributed by atoms with E-state index in [2.05, 4.69) is 149 Å². The molecule has 1 unspecified atom stereocenters. The molecule has 3 saturated heterocycles. The molecule has 4 heterocycles. The van der Waals surface area contributed by atoms with Gasteiger partial charge < -0.3 is 9.80 Å². The van der Waals surface area contributed by atoms with E-state index >= 15 is 0 Å². The summed E-state index contributed by atoms with van der Waals surface area (Å²) in [4.78, 5) is 31.2. The first-order chi connectivity index (χ1) is 30.8. The summed E-state index contributed by atoms with van der Waals surface area (Å²) in [5.41, 5.74) is 0.427. The molecule has 0 spiro atoms. The predicted molar refractivity (Wildman–Crippen MR) is 289 cm³/mol. The van der Waals surface area contributed by atoms with E-state index in [1.807, 2.05) is 0 Å². The van der Waals surface area contributed by atoms with Gasteiger partial charge in [0.1, 0.15) is 5.82 Å². The predicted octanol–water partition coefficient (Wildman–Crippen LogP) is 15.2. The summed E-state index contributed by atoms with van der Waals surface area (Å²) in [6.45, 7) is 38.8. The maximum absolute atomic E-state index is 5.94. The standard InChI is InChI=1S/C58H112N8/c1-19-22-25-28-31-34-37-49(46-40-53(4,5)62(16)54(6,7)41-46)50-59-51(65(38-35-32-29-26-23-20-2)47-42-55(8,9)63(17)56(10,11)43-47)61-52(60-50)66(39-36-33-30-27-24-21-3)48-44-57(12,13)64(18)58(14,15)45-48/h46-49H,19-45H2,1-18H3. The van der Waals surface area contributed by atoms with E-state index in [0.717, 1.165) is 62.9 Å². The Bertz CT molecular complexity index is 1320. The molecule has 1 atom stereocenters. The van der Waals surface area contributed by atoms with Crippen molar-refractivity contribution < 1.29 is 0 Å². The summed E-state index contributed by atoms with van der Waals surface area (Å²) in [6, 6.07) is 0.715. The molecule has 4 rings (SSSR count). The Kier molecular flexibility index (Phi) is 21.2. The van der Waals surface area contributed by atoms with E-state index < -0.39 is 0 Å². The third-order valence-corrected chi connectivity index (χ3v) is 18.2. The van der Waals surface area contributed by atoms with Crippen LogP contribution in [0.1, 0.15) is 276 Å². The summed E-state index contributed by atoms with van der Waals surface area (Å²) < 4.78 is 0. The molecule has 8 heteroatoms. The van der Waals surface area contributed by atoms with Crippen molar-refractivity contribution in [1.29, 1.82) is 0 Å². The Hall–Kier alpha value is -1.51. The van der Waals surface area contributed by atoms with Crippen molar-refractivity contribution in [3.05, 3.63) is 5.82 Å². The largest absolute Gasteiger partial charge is 0.338 e. The van der Waals surface area contributed by atoms with Gasteiger partial charge in [-0.25, -0.2) is 0 Å². The third kappa shape index (κ3) is 15.2. The smallest absolute Gasteiger partial charge is 0.230 e. The summed E-state index contributed by atoms with van der Waals surface area (Å²) in [6.07, 6.45) is 31.3. The highest BCUT2D eigenvalue weighted by Gasteiger charge is 2.49. The molecule has 0 aromatic carbocycles. The monoisotopic (exact) mass is 921 g/mol. The van der Waals surface area contributed by atoms with Gasteiger partial charge in [0.2, 0.25) is 11.9 Å². The van der Waals surface area contributed by atoms with Crippen LogP contribution in [0.5, 0.6) is 0 Å². The van der Waals surface area contributed by atoms with Crippen molar-refractivity contribution in [2.24, 2.45) is 5.92 Å². The van der Waals surface area contributed by atoms with Gasteiger partial charge in [-0.15, -0.1) is 0 Å². The van der Waals surface area contributed by atoms with Gasteiger partial charge in [0.25, 0.3) is 0 Å². The first kappa shape index (κ1) is 57.1. The maximum Gasteiger partial charge on any atom is 0.230 e. The van der Waals surface area contributed by atoms with E-state index in [0.29, 0.717) is 23.9 Å². The molecule has 1 aromatic heterocycles. The molecule has 0 bridgehead atoms. The van der Waals surface area contributed by atoms with Crippen LogP contribution in [0.25, 0.3) is 0 Å². The number of hydrogen-bond acceptors (Lipinski definition) is 8. The minimum Gasteiger partial charge on any atom is -0.338 e. The Morgan fingerprint density at radius 3 is 1.03 bits per heavy atom. The number of aromatic nitrogens is 3. The summed E-state index contributed by atoms with van der Waals surface area (Å²) >= 11 is 0. The molecule has 1 aromatic rings. The molecule has 8 nitrogen and oxygen atoms in total. The van der Waals surface area contributed by atoms with E-state index in [4.69, 9.17) is 15.0 Å². The molecule has 0 aliphatic carbocycles. The Morgan fingerprint density at radius 1 is 0.409 bits per heavy atom. The van der Waals surface area contributed by atoms with E-state index in [-0.39, 0.29) is 33.2 Å². The van der Waals surface area contributed by atoms with Gasteiger partial charge in [0, 0.05) is 64.3 Å². The highest BCUT2D eigenvalue weighted by Crippen LogP contribution is 2.48. The average molecular weight is 922 g/mol. The van der Waals surface area contributed by atoms with Gasteiger partial charge in [0.05, 0.1) is 0 Å². The highest BCUT2D eigenvalue weighted by molar-refractivity contribution is 5.43. The average Bonchev–Trinajstić information content (AvgIpc) is 3.22. The molecule has 0 radical (unpaired) electrons. The van der Waals surface area contributed by atoms with E-state index in [9.17, 15) is 0 Å². The maximum atomic E-state index is 5.94. The summed E-state index contributed by atoms with van der Waals surface area (Å²) in [7, 11) is 7.08. The van der Waals surface area contributed by atoms with Crippen LogP contribution in [-0.2, 0) is 0 Å². The zero-order valence-electron chi connectivity index (χ0n) is 47.5. The SMILES string of the molecule is CCCCCCCCC(c1nc(N(CCCCCCCC)C2CC(C)(C)N(C)C(C)(C)C2)nc(N(CCCCCCCC)C2CC(C)(C)N(C)C(C)(C)C2)n1)C1CC(C)(C)N(C)C(C)(C)C1. The molecule has 3 aliphatic heterocycles. The summed E-state index contributed by atoms with van der Waals surface area (Å²) in [5.74, 6) is 3.85. The van der Waals surface area contributed by atoms with Crippen molar-refractivity contribution in [2.45, 2.75) is 316 Å². The quantitative estimate of drug-likeness (QED) is 0.0809. The number of unbranched alkanes of at least 4 members (excludes halogenated alkanes) is 15. The number of anilines is 2. The molecular formula is C58H112N8. The lowest BCUT2D eigenvalue weighted by atomic mass is 9.68. The topological polar surface area (TPSA) is 54.9 Å². The zero-order valence-corrected chi connectivity index (χ0v) is 47.5. The second-order valence-corrected chi connectivity index (χ2v) is 26.2. The van der Waals surface area contributed by atoms with Crippen LogP contribution < -0.4 is 9.80 Å². The van der Waals surface area contributed by atoms with Crippen LogP contribution in [0, 0.1) is 5.92 Å². The van der Waals surface area contributed by atoms with Gasteiger partial charge in [-0.3, -0.25) is 14.7 Å². The van der Waals surface area contributed by atoms with E-state index in [1.54, 1.807) is 0 Å². The fourth-order valence-electron chi connectivity index (χ4n) is 13.3. The number of hydrogen-bond donors (Lipinski definition) is 0. The van der Waals surface area contributed by atoms with Gasteiger partial charge in [0.15, 0.2) is 0 Å². The molecule has 66 heavy (non-hydrogen) atoms. The first-order valence-electron chi connectivity index (χ1n) is 28.3. The molecule has 3 fully saturated rings. The number of piperidine rings is 3. The van der Waals surface area contributed by atoms with Gasteiger partial charge in [-0.1, -0.05) is 124 Å². The Morgan fingerprint density at radius 2 is 0.697 bits per heavy atom. The van der Waals surface area contributed by atoms with Crippen molar-refractivity contribution in [1.82, 2.24) is 29.7 Å². The molecule has 0 amide bonds. The first-order valence-corrected chi connectivity index (χ1v) is 28.3. The Balaban J connectivity index is 1.97. The van der Waals surface area contributed by atoms with Crippen molar-refractivity contribution >= 4 is 11.9 Å². The fourth-order valence-corrected chi connectivity index (χ4v) is 13.3. The Labute approximate surface area is 411 Å². The normalized spacial score (nSPS) is 23.0. The van der Waals surface area contributed by atoms with Crippen LogP contribution in [-0.4, -0.2) is 109 Å². The van der Waals surface area contributed by atoms with Crippen molar-refractivity contribution in [3.8, 4) is 0 Å². The summed E-state index contributed by atoms with van der Waals surface area (Å²) in [5, 5.41) is 0. The lowest BCUT2D eigenvalue weighted by Gasteiger charge is -2.56. The molecule has 384 valence electrons. The lowest BCUT2D eigenvalue weighted by Crippen LogP contribution is -2.63. The number of rotatable bonds is 27. The van der Waals surface area contributed by atoms with Gasteiger partial charge in [-0.2, -0.15) is 15.0 Å². The number of likely N-dealkylation sites (tertiary alicyclic amines) is 3. The van der Waals surface area contributed by atoms with E-state index in [1.165, 1.54) is 128 Å². The molecule has 0 saturated carbocycles. The molecule has 3 aliphatic rings. The van der Waals surface area contributed by atoms with Crippen LogP contribution in [0.3, 0.4) is 0 Å². The van der Waals surface area contributed by atoms with Crippen LogP contribution in [0.15, 0.2) is 0 Å². The second kappa shape index (κ2) is 24.6. The second-order valence-electron chi connectivity index (χ2n) is 26.2. The minimum absolute atomic E-state index is 0.0607. The molecular weight excluding hydrogens is 809 g/mol. The minimum atomic E-state index is 0.0607. The lowest BCUT2D eigenvalue weighted by molar-refractivity contribution is -0.0376. The van der Waals surface area contributed by atoms with Gasteiger partial charge in [-0.05, 0) is 168 Å². The highest BCUT2D eigenvalue weighted by atomic mass is 15.4. The van der Waals surface area contributed by atoms with Crippen LogP contribution in [0.4, 0.5) is 11.9 Å². The van der Waals surface area contributed by atoms with Crippen LogP contribution in [0.2, 0.25) is 0 Å². The van der Waals surface area contributed by atoms with Crippen LogP contribution >= 0.6 is 0 Å². The van der Waals surface area contributed by atoms with Crippen molar-refractivity contribution in [3.63, 3.8) is 0 Å². The molecule has 0 N–H and O–H groups in total. The van der Waals surface area contributed by atoms with Gasteiger partial charge >= 0.3 is 0 Å².